The average molecular weight is 325 g/mol. The third-order valence-corrected chi connectivity index (χ3v) is 3.49. The SMILES string of the molecule is CC(=O)N(C(=O)C(=O)NC(C)c1ccccc1)c1cccc(N)c1. The fourth-order valence-corrected chi connectivity index (χ4v) is 2.29. The van der Waals surface area contributed by atoms with Crippen LogP contribution in [0.2, 0.25) is 0 Å². The monoisotopic (exact) mass is 325 g/mol. The Bertz CT molecular complexity index is 759. The standard InChI is InChI=1S/C18H19N3O3/c1-12(14-7-4-3-5-8-14)20-17(23)18(24)21(13(2)22)16-10-6-9-15(19)11-16/h3-12H,19H2,1-2H3,(H,20,23). The summed E-state index contributed by atoms with van der Waals surface area (Å²) in [5, 5.41) is 2.60. The van der Waals surface area contributed by atoms with Gasteiger partial charge in [-0.25, -0.2) is 4.90 Å². The van der Waals surface area contributed by atoms with E-state index in [1.54, 1.807) is 25.1 Å². The van der Waals surface area contributed by atoms with Gasteiger partial charge in [0.15, 0.2) is 0 Å². The highest BCUT2D eigenvalue weighted by Gasteiger charge is 2.27. The molecular formula is C18H19N3O3. The Hall–Kier alpha value is -3.15. The molecule has 3 amide bonds. The van der Waals surface area contributed by atoms with Crippen LogP contribution in [-0.4, -0.2) is 17.7 Å². The highest BCUT2D eigenvalue weighted by atomic mass is 16.2. The van der Waals surface area contributed by atoms with Crippen LogP contribution in [0.3, 0.4) is 0 Å². The summed E-state index contributed by atoms with van der Waals surface area (Å²) in [6.45, 7) is 2.98. The molecule has 0 aliphatic heterocycles. The Kier molecular flexibility index (Phi) is 5.31. The van der Waals surface area contributed by atoms with E-state index in [9.17, 15) is 14.4 Å². The van der Waals surface area contributed by atoms with Crippen molar-refractivity contribution in [2.45, 2.75) is 19.9 Å². The van der Waals surface area contributed by atoms with E-state index in [2.05, 4.69) is 5.32 Å². The number of rotatable bonds is 3. The topological polar surface area (TPSA) is 92.5 Å². The number of nitrogens with zero attached hydrogens (tertiary/aromatic N) is 1. The van der Waals surface area contributed by atoms with Crippen molar-refractivity contribution >= 4 is 29.1 Å². The Balaban J connectivity index is 2.18. The van der Waals surface area contributed by atoms with Gasteiger partial charge in [0.25, 0.3) is 0 Å². The maximum absolute atomic E-state index is 12.4. The summed E-state index contributed by atoms with van der Waals surface area (Å²) in [6.07, 6.45) is 0. The predicted molar refractivity (Wildman–Crippen MR) is 92.0 cm³/mol. The summed E-state index contributed by atoms with van der Waals surface area (Å²) in [5.74, 6) is -2.37. The molecule has 6 heteroatoms. The van der Waals surface area contributed by atoms with Gasteiger partial charge in [0.05, 0.1) is 11.7 Å². The smallest absolute Gasteiger partial charge is 0.323 e. The number of nitrogen functional groups attached to an aromatic ring is 1. The van der Waals surface area contributed by atoms with Crippen LogP contribution < -0.4 is 16.0 Å². The van der Waals surface area contributed by atoms with Crippen molar-refractivity contribution < 1.29 is 14.4 Å². The Morgan fingerprint density at radius 3 is 2.29 bits per heavy atom. The molecule has 0 saturated carbocycles. The molecule has 1 atom stereocenters. The summed E-state index contributed by atoms with van der Waals surface area (Å²) in [6, 6.07) is 15.1. The summed E-state index contributed by atoms with van der Waals surface area (Å²) in [4.78, 5) is 37.3. The maximum atomic E-state index is 12.4. The molecule has 1 unspecified atom stereocenters. The molecule has 24 heavy (non-hydrogen) atoms. The predicted octanol–water partition coefficient (Wildman–Crippen LogP) is 2.03. The first kappa shape index (κ1) is 17.2. The summed E-state index contributed by atoms with van der Waals surface area (Å²) in [5.41, 5.74) is 7.19. The van der Waals surface area contributed by atoms with Gasteiger partial charge in [-0.15, -0.1) is 0 Å². The highest BCUT2D eigenvalue weighted by Crippen LogP contribution is 2.18. The average Bonchev–Trinajstić information content (AvgIpc) is 2.55. The van der Waals surface area contributed by atoms with Crippen LogP contribution in [0.25, 0.3) is 0 Å². The fourth-order valence-electron chi connectivity index (χ4n) is 2.29. The molecule has 0 radical (unpaired) electrons. The van der Waals surface area contributed by atoms with Crippen molar-refractivity contribution in [3.05, 3.63) is 60.2 Å². The van der Waals surface area contributed by atoms with Crippen LogP contribution in [0, 0.1) is 0 Å². The zero-order valence-corrected chi connectivity index (χ0v) is 13.5. The Labute approximate surface area is 140 Å². The molecule has 0 heterocycles. The second-order valence-electron chi connectivity index (χ2n) is 5.36. The first-order chi connectivity index (χ1) is 11.4. The molecule has 0 aliphatic rings. The lowest BCUT2D eigenvalue weighted by Crippen LogP contribution is -2.46. The van der Waals surface area contributed by atoms with Gasteiger partial charge >= 0.3 is 11.8 Å². The number of carbonyl (C=O) groups excluding carboxylic acids is 3. The van der Waals surface area contributed by atoms with Gasteiger partial charge in [-0.1, -0.05) is 36.4 Å². The van der Waals surface area contributed by atoms with E-state index in [1.165, 1.54) is 13.0 Å². The van der Waals surface area contributed by atoms with Crippen LogP contribution in [-0.2, 0) is 14.4 Å². The number of imide groups is 1. The summed E-state index contributed by atoms with van der Waals surface area (Å²) >= 11 is 0. The molecule has 2 rings (SSSR count). The molecule has 0 saturated heterocycles. The van der Waals surface area contributed by atoms with Gasteiger partial charge in [-0.2, -0.15) is 0 Å². The van der Waals surface area contributed by atoms with Crippen molar-refractivity contribution in [2.75, 3.05) is 10.6 Å². The van der Waals surface area contributed by atoms with Gasteiger partial charge in [0.2, 0.25) is 5.91 Å². The Morgan fingerprint density at radius 1 is 1.04 bits per heavy atom. The summed E-state index contributed by atoms with van der Waals surface area (Å²) < 4.78 is 0. The number of hydrogen-bond donors (Lipinski definition) is 2. The number of carbonyl (C=O) groups is 3. The normalized spacial score (nSPS) is 11.4. The van der Waals surface area contributed by atoms with Crippen molar-refractivity contribution in [1.29, 1.82) is 0 Å². The van der Waals surface area contributed by atoms with Crippen LogP contribution in [0.1, 0.15) is 25.5 Å². The van der Waals surface area contributed by atoms with Crippen LogP contribution in [0.5, 0.6) is 0 Å². The van der Waals surface area contributed by atoms with E-state index in [1.807, 2.05) is 30.3 Å². The van der Waals surface area contributed by atoms with Gasteiger partial charge < -0.3 is 11.1 Å². The molecule has 0 aliphatic carbocycles. The van der Waals surface area contributed by atoms with E-state index in [0.717, 1.165) is 10.5 Å². The van der Waals surface area contributed by atoms with E-state index >= 15 is 0 Å². The lowest BCUT2D eigenvalue weighted by molar-refractivity contribution is -0.139. The molecule has 0 bridgehead atoms. The van der Waals surface area contributed by atoms with Crippen molar-refractivity contribution in [3.8, 4) is 0 Å². The lowest BCUT2D eigenvalue weighted by Gasteiger charge is -2.20. The van der Waals surface area contributed by atoms with Crippen LogP contribution in [0.4, 0.5) is 11.4 Å². The number of nitrogens with two attached hydrogens (primary N) is 1. The maximum Gasteiger partial charge on any atom is 0.323 e. The van der Waals surface area contributed by atoms with Crippen molar-refractivity contribution in [3.63, 3.8) is 0 Å². The molecule has 2 aromatic rings. The molecular weight excluding hydrogens is 306 g/mol. The van der Waals surface area contributed by atoms with E-state index in [0.29, 0.717) is 5.69 Å². The van der Waals surface area contributed by atoms with Crippen molar-refractivity contribution in [1.82, 2.24) is 5.32 Å². The zero-order chi connectivity index (χ0) is 17.7. The van der Waals surface area contributed by atoms with Crippen molar-refractivity contribution in [2.24, 2.45) is 0 Å². The van der Waals surface area contributed by atoms with Gasteiger partial charge in [0.1, 0.15) is 0 Å². The number of anilines is 2. The highest BCUT2D eigenvalue weighted by molar-refractivity contribution is 6.45. The fraction of sp³-hybridized carbons (Fsp3) is 0.167. The molecule has 124 valence electrons. The van der Waals surface area contributed by atoms with E-state index in [4.69, 9.17) is 5.73 Å². The minimum Gasteiger partial charge on any atom is -0.399 e. The molecule has 2 aromatic carbocycles. The molecule has 0 fully saturated rings. The van der Waals surface area contributed by atoms with Gasteiger partial charge in [-0.3, -0.25) is 14.4 Å². The van der Waals surface area contributed by atoms with Crippen LogP contribution in [0.15, 0.2) is 54.6 Å². The third-order valence-electron chi connectivity index (χ3n) is 3.49. The number of hydrogen-bond acceptors (Lipinski definition) is 4. The quantitative estimate of drug-likeness (QED) is 0.667. The molecule has 6 nitrogen and oxygen atoms in total. The second kappa shape index (κ2) is 7.41. The molecule has 0 spiro atoms. The Morgan fingerprint density at radius 2 is 1.71 bits per heavy atom. The third kappa shape index (κ3) is 3.98. The molecule has 3 N–H and O–H groups in total. The largest absolute Gasteiger partial charge is 0.399 e. The van der Waals surface area contributed by atoms with Gasteiger partial charge in [0, 0.05) is 12.6 Å². The first-order valence-electron chi connectivity index (χ1n) is 7.46. The number of benzene rings is 2. The van der Waals surface area contributed by atoms with Crippen LogP contribution >= 0.6 is 0 Å². The van der Waals surface area contributed by atoms with Gasteiger partial charge in [-0.05, 0) is 30.7 Å². The summed E-state index contributed by atoms with van der Waals surface area (Å²) in [7, 11) is 0. The van der Waals surface area contributed by atoms with E-state index < -0.39 is 17.7 Å². The lowest BCUT2D eigenvalue weighted by atomic mass is 10.1. The number of amides is 3. The first-order valence-corrected chi connectivity index (χ1v) is 7.46. The minimum atomic E-state index is -0.948. The van der Waals surface area contributed by atoms with E-state index in [-0.39, 0.29) is 11.7 Å². The minimum absolute atomic E-state index is 0.259. The molecule has 0 aromatic heterocycles. The number of nitrogens with one attached hydrogen (secondary N) is 1. The second-order valence-corrected chi connectivity index (χ2v) is 5.36. The zero-order valence-electron chi connectivity index (χ0n) is 13.5.